The zero-order valence-electron chi connectivity index (χ0n) is 11.7. The van der Waals surface area contributed by atoms with Crippen molar-refractivity contribution < 1.29 is 4.92 Å². The van der Waals surface area contributed by atoms with Crippen LogP contribution < -0.4 is 10.6 Å². The van der Waals surface area contributed by atoms with Crippen LogP contribution in [0.2, 0.25) is 0 Å². The van der Waals surface area contributed by atoms with Gasteiger partial charge < -0.3 is 10.6 Å². The fourth-order valence-corrected chi connectivity index (χ4v) is 1.89. The molecule has 1 aromatic heterocycles. The summed E-state index contributed by atoms with van der Waals surface area (Å²) in [5.74, 6) is 0. The van der Waals surface area contributed by atoms with E-state index in [0.29, 0.717) is 24.5 Å². The van der Waals surface area contributed by atoms with Crippen molar-refractivity contribution in [2.45, 2.75) is 19.9 Å². The number of para-hydroxylation sites is 1. The topological polar surface area (TPSA) is 93.0 Å². The molecule has 0 atom stereocenters. The van der Waals surface area contributed by atoms with E-state index in [2.05, 4.69) is 20.6 Å². The van der Waals surface area contributed by atoms with E-state index in [1.54, 1.807) is 30.5 Å². The molecule has 0 fully saturated rings. The third-order valence-corrected chi connectivity index (χ3v) is 2.89. The fraction of sp³-hybridized carbons (Fsp3) is 0.286. The highest BCUT2D eigenvalue weighted by atomic mass is 16.6. The zero-order valence-corrected chi connectivity index (χ0v) is 11.7. The number of nitrogens with one attached hydrogen (secondary N) is 2. The van der Waals surface area contributed by atoms with Gasteiger partial charge in [0.25, 0.3) is 0 Å². The van der Waals surface area contributed by atoms with Gasteiger partial charge in [-0.15, -0.1) is 0 Å². The van der Waals surface area contributed by atoms with Gasteiger partial charge in [-0.2, -0.15) is 0 Å². The van der Waals surface area contributed by atoms with Gasteiger partial charge in [-0.25, -0.2) is 9.97 Å². The first-order valence-electron chi connectivity index (χ1n) is 6.72. The van der Waals surface area contributed by atoms with Crippen molar-refractivity contribution in [3.05, 3.63) is 52.6 Å². The van der Waals surface area contributed by atoms with Gasteiger partial charge in [-0.1, -0.05) is 13.0 Å². The van der Waals surface area contributed by atoms with Gasteiger partial charge in [-0.3, -0.25) is 10.1 Å². The standard InChI is InChI=1S/C14H17N5O2/c1-2-7-16-12-4-3-5-13(14(12)19(20)21)17-9-11-6-8-15-10-18-11/h3-6,8,10,16-17H,2,7,9H2,1H3. The second kappa shape index (κ2) is 7.18. The molecule has 0 amide bonds. The SMILES string of the molecule is CCCNc1cccc(NCc2ccncn2)c1[N+](=O)[O-]. The minimum absolute atomic E-state index is 0.0556. The van der Waals surface area contributed by atoms with Crippen molar-refractivity contribution in [1.29, 1.82) is 0 Å². The summed E-state index contributed by atoms with van der Waals surface area (Å²) in [6.07, 6.45) is 3.98. The summed E-state index contributed by atoms with van der Waals surface area (Å²) in [6.45, 7) is 3.10. The Morgan fingerprint density at radius 1 is 1.24 bits per heavy atom. The first-order valence-corrected chi connectivity index (χ1v) is 6.72. The Bertz CT molecular complexity index is 604. The molecule has 2 aromatic rings. The maximum Gasteiger partial charge on any atom is 0.315 e. The lowest BCUT2D eigenvalue weighted by Gasteiger charge is -2.11. The van der Waals surface area contributed by atoms with Gasteiger partial charge in [0.15, 0.2) is 0 Å². The average molecular weight is 287 g/mol. The quantitative estimate of drug-likeness (QED) is 0.601. The highest BCUT2D eigenvalue weighted by Gasteiger charge is 2.19. The third-order valence-electron chi connectivity index (χ3n) is 2.89. The monoisotopic (exact) mass is 287 g/mol. The van der Waals surface area contributed by atoms with Crippen molar-refractivity contribution in [2.24, 2.45) is 0 Å². The summed E-state index contributed by atoms with van der Waals surface area (Å²) in [4.78, 5) is 18.9. The molecule has 110 valence electrons. The molecule has 0 saturated heterocycles. The number of nitrogens with zero attached hydrogens (tertiary/aromatic N) is 3. The average Bonchev–Trinajstić information content (AvgIpc) is 2.51. The number of aromatic nitrogens is 2. The van der Waals surface area contributed by atoms with Crippen molar-refractivity contribution in [3.63, 3.8) is 0 Å². The summed E-state index contributed by atoms with van der Waals surface area (Å²) >= 11 is 0. The molecule has 0 saturated carbocycles. The number of nitro benzene ring substituents is 1. The molecule has 7 heteroatoms. The first-order chi connectivity index (χ1) is 10.2. The van der Waals surface area contributed by atoms with Gasteiger partial charge in [0, 0.05) is 12.7 Å². The van der Waals surface area contributed by atoms with Crippen LogP contribution in [0.1, 0.15) is 19.0 Å². The van der Waals surface area contributed by atoms with Crippen LogP contribution in [0, 0.1) is 10.1 Å². The first kappa shape index (κ1) is 14.7. The van der Waals surface area contributed by atoms with Gasteiger partial charge in [-0.05, 0) is 24.6 Å². The van der Waals surface area contributed by atoms with E-state index in [1.807, 2.05) is 6.92 Å². The highest BCUT2D eigenvalue weighted by molar-refractivity contribution is 5.76. The predicted molar refractivity (Wildman–Crippen MR) is 81.2 cm³/mol. The van der Waals surface area contributed by atoms with Crippen LogP contribution in [0.5, 0.6) is 0 Å². The van der Waals surface area contributed by atoms with Crippen LogP contribution in [0.3, 0.4) is 0 Å². The molecule has 0 aliphatic heterocycles. The normalized spacial score (nSPS) is 10.1. The maximum absolute atomic E-state index is 11.3. The number of benzene rings is 1. The van der Waals surface area contributed by atoms with E-state index in [9.17, 15) is 10.1 Å². The minimum atomic E-state index is -0.375. The number of hydrogen-bond acceptors (Lipinski definition) is 6. The molecule has 0 bridgehead atoms. The highest BCUT2D eigenvalue weighted by Crippen LogP contribution is 2.32. The van der Waals surface area contributed by atoms with Crippen LogP contribution in [0.15, 0.2) is 36.8 Å². The summed E-state index contributed by atoms with van der Waals surface area (Å²) < 4.78 is 0. The zero-order chi connectivity index (χ0) is 15.1. The molecule has 0 aliphatic carbocycles. The van der Waals surface area contributed by atoms with Gasteiger partial charge in [0.05, 0.1) is 17.2 Å². The molecule has 0 spiro atoms. The van der Waals surface area contributed by atoms with Crippen LogP contribution in [0.25, 0.3) is 0 Å². The Morgan fingerprint density at radius 2 is 2.00 bits per heavy atom. The van der Waals surface area contributed by atoms with Gasteiger partial charge in [0.1, 0.15) is 17.7 Å². The number of rotatable bonds is 7. The van der Waals surface area contributed by atoms with Crippen molar-refractivity contribution in [2.75, 3.05) is 17.2 Å². The summed E-state index contributed by atoms with van der Waals surface area (Å²) in [5.41, 5.74) is 1.82. The Balaban J connectivity index is 2.20. The van der Waals surface area contributed by atoms with E-state index in [-0.39, 0.29) is 10.6 Å². The Kier molecular flexibility index (Phi) is 5.03. The summed E-state index contributed by atoms with van der Waals surface area (Å²) in [7, 11) is 0. The number of nitro groups is 1. The Hall–Kier alpha value is -2.70. The van der Waals surface area contributed by atoms with Crippen molar-refractivity contribution in [1.82, 2.24) is 9.97 Å². The largest absolute Gasteiger partial charge is 0.379 e. The van der Waals surface area contributed by atoms with Crippen LogP contribution in [-0.2, 0) is 6.54 Å². The molecule has 21 heavy (non-hydrogen) atoms. The van der Waals surface area contributed by atoms with Gasteiger partial charge >= 0.3 is 5.69 Å². The van der Waals surface area contributed by atoms with E-state index in [4.69, 9.17) is 0 Å². The second-order valence-electron chi connectivity index (χ2n) is 4.44. The van der Waals surface area contributed by atoms with Crippen LogP contribution in [-0.4, -0.2) is 21.4 Å². The predicted octanol–water partition coefficient (Wildman–Crippen LogP) is 2.82. The molecule has 0 radical (unpaired) electrons. The van der Waals surface area contributed by atoms with E-state index in [1.165, 1.54) is 6.33 Å². The summed E-state index contributed by atoms with van der Waals surface area (Å²) in [5, 5.41) is 17.4. The minimum Gasteiger partial charge on any atom is -0.379 e. The fourth-order valence-electron chi connectivity index (χ4n) is 1.89. The number of anilines is 2. The van der Waals surface area contributed by atoms with Crippen molar-refractivity contribution >= 4 is 17.1 Å². The van der Waals surface area contributed by atoms with E-state index in [0.717, 1.165) is 12.1 Å². The lowest BCUT2D eigenvalue weighted by atomic mass is 10.2. The van der Waals surface area contributed by atoms with Crippen molar-refractivity contribution in [3.8, 4) is 0 Å². The molecule has 1 aromatic carbocycles. The Morgan fingerprint density at radius 3 is 2.62 bits per heavy atom. The number of hydrogen-bond donors (Lipinski definition) is 2. The molecular weight excluding hydrogens is 270 g/mol. The lowest BCUT2D eigenvalue weighted by Crippen LogP contribution is -2.08. The molecule has 0 unspecified atom stereocenters. The van der Waals surface area contributed by atoms with Gasteiger partial charge in [0.2, 0.25) is 0 Å². The summed E-state index contributed by atoms with van der Waals surface area (Å²) in [6, 6.07) is 6.95. The molecular formula is C14H17N5O2. The second-order valence-corrected chi connectivity index (χ2v) is 4.44. The molecule has 1 heterocycles. The third kappa shape index (κ3) is 3.88. The maximum atomic E-state index is 11.3. The van der Waals surface area contributed by atoms with E-state index < -0.39 is 0 Å². The smallest absolute Gasteiger partial charge is 0.315 e. The molecule has 2 N–H and O–H groups in total. The lowest BCUT2D eigenvalue weighted by molar-refractivity contribution is -0.383. The van der Waals surface area contributed by atoms with Crippen LogP contribution in [0.4, 0.5) is 17.1 Å². The Labute approximate surface area is 122 Å². The molecule has 0 aliphatic rings. The molecule has 2 rings (SSSR count). The van der Waals surface area contributed by atoms with E-state index >= 15 is 0 Å². The molecule has 7 nitrogen and oxygen atoms in total. The van der Waals surface area contributed by atoms with Crippen LogP contribution >= 0.6 is 0 Å².